The molecule has 0 atom stereocenters. The molecular weight excluding hydrogens is 449 g/mol. The molecule has 1 aliphatic heterocycles. The van der Waals surface area contributed by atoms with Crippen LogP contribution >= 0.6 is 24.0 Å². The molecule has 27 heavy (non-hydrogen) atoms. The lowest BCUT2D eigenvalue weighted by Gasteiger charge is -2.34. The number of hydrogen-bond donors (Lipinski definition) is 2. The first-order valence-electron chi connectivity index (χ1n) is 10.1. The number of nitrogens with zero attached hydrogens (tertiary/aromatic N) is 3. The van der Waals surface area contributed by atoms with Gasteiger partial charge in [-0.15, -0.1) is 24.0 Å². The second-order valence-corrected chi connectivity index (χ2v) is 7.27. The van der Waals surface area contributed by atoms with E-state index in [0.29, 0.717) is 0 Å². The zero-order valence-electron chi connectivity index (χ0n) is 17.6. The van der Waals surface area contributed by atoms with Gasteiger partial charge in [0.25, 0.3) is 0 Å². The SMILES string of the molecule is CCN1CCN(CCCCNC(=NC)NCc2ccc(C)cc2C)CC1.I. The van der Waals surface area contributed by atoms with Gasteiger partial charge in [0.1, 0.15) is 0 Å². The van der Waals surface area contributed by atoms with E-state index in [1.807, 2.05) is 7.05 Å². The van der Waals surface area contributed by atoms with Crippen LogP contribution in [0.5, 0.6) is 0 Å². The van der Waals surface area contributed by atoms with Crippen molar-refractivity contribution in [3.05, 3.63) is 34.9 Å². The van der Waals surface area contributed by atoms with Crippen LogP contribution in [-0.4, -0.2) is 68.6 Å². The van der Waals surface area contributed by atoms with Gasteiger partial charge in [-0.2, -0.15) is 0 Å². The molecule has 1 aromatic rings. The lowest BCUT2D eigenvalue weighted by Crippen LogP contribution is -2.46. The Bertz CT molecular complexity index is 568. The highest BCUT2D eigenvalue weighted by atomic mass is 127. The molecule has 1 aliphatic rings. The summed E-state index contributed by atoms with van der Waals surface area (Å²) >= 11 is 0. The molecule has 1 saturated heterocycles. The summed E-state index contributed by atoms with van der Waals surface area (Å²) in [7, 11) is 1.84. The van der Waals surface area contributed by atoms with E-state index in [4.69, 9.17) is 0 Å². The van der Waals surface area contributed by atoms with Gasteiger partial charge >= 0.3 is 0 Å². The van der Waals surface area contributed by atoms with Crippen LogP contribution in [0.3, 0.4) is 0 Å². The number of aryl methyl sites for hydroxylation is 2. The monoisotopic (exact) mass is 487 g/mol. The normalized spacial score (nSPS) is 16.1. The fourth-order valence-corrected chi connectivity index (χ4v) is 3.44. The van der Waals surface area contributed by atoms with Crippen molar-refractivity contribution in [3.63, 3.8) is 0 Å². The van der Waals surface area contributed by atoms with E-state index in [1.54, 1.807) is 0 Å². The summed E-state index contributed by atoms with van der Waals surface area (Å²) < 4.78 is 0. The van der Waals surface area contributed by atoms with Crippen LogP contribution in [0.4, 0.5) is 0 Å². The molecule has 5 nitrogen and oxygen atoms in total. The van der Waals surface area contributed by atoms with Gasteiger partial charge in [0.2, 0.25) is 0 Å². The fourth-order valence-electron chi connectivity index (χ4n) is 3.44. The summed E-state index contributed by atoms with van der Waals surface area (Å²) in [6, 6.07) is 6.59. The van der Waals surface area contributed by atoms with Gasteiger partial charge < -0.3 is 20.4 Å². The number of nitrogens with one attached hydrogen (secondary N) is 2. The van der Waals surface area contributed by atoms with Gasteiger partial charge in [-0.3, -0.25) is 4.99 Å². The summed E-state index contributed by atoms with van der Waals surface area (Å²) in [6.07, 6.45) is 2.42. The van der Waals surface area contributed by atoms with Crippen molar-refractivity contribution in [2.75, 3.05) is 52.9 Å². The molecule has 0 aromatic heterocycles. The van der Waals surface area contributed by atoms with E-state index < -0.39 is 0 Å². The Hall–Kier alpha value is -0.860. The summed E-state index contributed by atoms with van der Waals surface area (Å²) in [5.74, 6) is 0.890. The largest absolute Gasteiger partial charge is 0.356 e. The molecule has 1 fully saturated rings. The van der Waals surface area contributed by atoms with Gasteiger partial charge in [0.15, 0.2) is 5.96 Å². The van der Waals surface area contributed by atoms with Crippen molar-refractivity contribution in [2.45, 2.75) is 40.2 Å². The van der Waals surface area contributed by atoms with Crippen molar-refractivity contribution in [1.82, 2.24) is 20.4 Å². The highest BCUT2D eigenvalue weighted by Gasteiger charge is 2.14. The number of aliphatic imine (C=N–C) groups is 1. The Morgan fingerprint density at radius 3 is 2.37 bits per heavy atom. The maximum absolute atomic E-state index is 4.33. The van der Waals surface area contributed by atoms with Gasteiger partial charge in [0.05, 0.1) is 0 Å². The van der Waals surface area contributed by atoms with Crippen LogP contribution in [0, 0.1) is 13.8 Å². The second kappa shape index (κ2) is 13.3. The van der Waals surface area contributed by atoms with Crippen LogP contribution < -0.4 is 10.6 Å². The third-order valence-electron chi connectivity index (χ3n) is 5.27. The Labute approximate surface area is 183 Å². The van der Waals surface area contributed by atoms with E-state index in [2.05, 4.69) is 64.4 Å². The number of halogens is 1. The van der Waals surface area contributed by atoms with Crippen LogP contribution in [0.15, 0.2) is 23.2 Å². The van der Waals surface area contributed by atoms with E-state index in [0.717, 1.165) is 19.0 Å². The molecule has 2 rings (SSSR count). The molecule has 0 amide bonds. The second-order valence-electron chi connectivity index (χ2n) is 7.27. The standard InChI is InChI=1S/C21H37N5.HI/c1-5-25-12-14-26(15-13-25)11-7-6-10-23-21(22-4)24-17-20-9-8-18(2)16-19(20)3;/h8-9,16H,5-7,10-15,17H2,1-4H3,(H2,22,23,24);1H. The maximum Gasteiger partial charge on any atom is 0.191 e. The number of hydrogen-bond acceptors (Lipinski definition) is 3. The van der Waals surface area contributed by atoms with Crippen LogP contribution in [0.1, 0.15) is 36.5 Å². The Morgan fingerprint density at radius 2 is 1.74 bits per heavy atom. The number of piperazine rings is 1. The van der Waals surface area contributed by atoms with Crippen LogP contribution in [0.2, 0.25) is 0 Å². The van der Waals surface area contributed by atoms with E-state index in [-0.39, 0.29) is 24.0 Å². The minimum Gasteiger partial charge on any atom is -0.356 e. The highest BCUT2D eigenvalue weighted by molar-refractivity contribution is 14.0. The van der Waals surface area contributed by atoms with Gasteiger partial charge in [-0.25, -0.2) is 0 Å². The van der Waals surface area contributed by atoms with Crippen molar-refractivity contribution < 1.29 is 0 Å². The first-order chi connectivity index (χ1) is 12.6. The van der Waals surface area contributed by atoms with Crippen LogP contribution in [-0.2, 0) is 6.54 Å². The number of benzene rings is 1. The van der Waals surface area contributed by atoms with Crippen LogP contribution in [0.25, 0.3) is 0 Å². The van der Waals surface area contributed by atoms with Gasteiger partial charge in [0, 0.05) is 46.3 Å². The summed E-state index contributed by atoms with van der Waals surface area (Å²) in [5, 5.41) is 6.86. The molecule has 0 aliphatic carbocycles. The molecule has 0 unspecified atom stereocenters. The Balaban J connectivity index is 0.00000364. The molecule has 0 saturated carbocycles. The third kappa shape index (κ3) is 8.79. The summed E-state index contributed by atoms with van der Waals surface area (Å²) in [4.78, 5) is 9.46. The topological polar surface area (TPSA) is 42.9 Å². The van der Waals surface area contributed by atoms with E-state index >= 15 is 0 Å². The van der Waals surface area contributed by atoms with Crippen molar-refractivity contribution >= 4 is 29.9 Å². The number of unbranched alkanes of at least 4 members (excludes halogenated alkanes) is 1. The Kier molecular flexibility index (Phi) is 11.9. The van der Waals surface area contributed by atoms with Gasteiger partial charge in [-0.05, 0) is 50.9 Å². The minimum absolute atomic E-state index is 0. The Morgan fingerprint density at radius 1 is 1.04 bits per heavy atom. The zero-order valence-corrected chi connectivity index (χ0v) is 19.9. The molecule has 0 radical (unpaired) electrons. The number of likely N-dealkylation sites (N-methyl/N-ethyl adjacent to an activating group) is 1. The molecule has 1 aromatic carbocycles. The quantitative estimate of drug-likeness (QED) is 0.256. The summed E-state index contributed by atoms with van der Waals surface area (Å²) in [6.45, 7) is 15.6. The molecule has 0 bridgehead atoms. The molecule has 1 heterocycles. The summed E-state index contributed by atoms with van der Waals surface area (Å²) in [5.41, 5.74) is 3.96. The van der Waals surface area contributed by atoms with Gasteiger partial charge in [-0.1, -0.05) is 30.7 Å². The molecule has 6 heteroatoms. The molecular formula is C21H38IN5. The fraction of sp³-hybridized carbons (Fsp3) is 0.667. The predicted octanol–water partition coefficient (Wildman–Crippen LogP) is 3.00. The average Bonchev–Trinajstić information content (AvgIpc) is 2.65. The highest BCUT2D eigenvalue weighted by Crippen LogP contribution is 2.10. The first-order valence-corrected chi connectivity index (χ1v) is 10.1. The minimum atomic E-state index is 0. The third-order valence-corrected chi connectivity index (χ3v) is 5.27. The first kappa shape index (κ1) is 24.2. The molecule has 0 spiro atoms. The predicted molar refractivity (Wildman–Crippen MR) is 127 cm³/mol. The lowest BCUT2D eigenvalue weighted by atomic mass is 10.1. The molecule has 2 N–H and O–H groups in total. The smallest absolute Gasteiger partial charge is 0.191 e. The molecule has 154 valence electrons. The maximum atomic E-state index is 4.33. The van der Waals surface area contributed by atoms with Crippen molar-refractivity contribution in [3.8, 4) is 0 Å². The van der Waals surface area contributed by atoms with E-state index in [9.17, 15) is 0 Å². The van der Waals surface area contributed by atoms with E-state index in [1.165, 1.54) is 68.8 Å². The zero-order chi connectivity index (χ0) is 18.8. The average molecular weight is 487 g/mol. The van der Waals surface area contributed by atoms with Crippen molar-refractivity contribution in [1.29, 1.82) is 0 Å². The number of rotatable bonds is 8. The number of guanidine groups is 1. The van der Waals surface area contributed by atoms with Crippen molar-refractivity contribution in [2.24, 2.45) is 4.99 Å². The lowest BCUT2D eigenvalue weighted by molar-refractivity contribution is 0.136.